The van der Waals surface area contributed by atoms with Crippen molar-refractivity contribution in [3.63, 3.8) is 0 Å². The summed E-state index contributed by atoms with van der Waals surface area (Å²) in [4.78, 5) is 17.3. The number of amides is 1. The maximum atomic E-state index is 13.5. The summed E-state index contributed by atoms with van der Waals surface area (Å²) in [6.07, 6.45) is 4.20. The van der Waals surface area contributed by atoms with Gasteiger partial charge in [-0.25, -0.2) is 8.42 Å². The summed E-state index contributed by atoms with van der Waals surface area (Å²) in [6, 6.07) is 22.7. The van der Waals surface area contributed by atoms with Crippen molar-refractivity contribution in [1.29, 1.82) is 0 Å². The molecule has 0 atom stereocenters. The third-order valence-corrected chi connectivity index (χ3v) is 8.30. The molecule has 0 bridgehead atoms. The fraction of sp³-hybridized carbons (Fsp3) is 0.222. The van der Waals surface area contributed by atoms with E-state index in [1.54, 1.807) is 29.2 Å². The number of nitrogens with zero attached hydrogens (tertiary/aromatic N) is 3. The Labute approximate surface area is 222 Å². The van der Waals surface area contributed by atoms with Crippen LogP contribution in [0.25, 0.3) is 6.08 Å². The number of rotatable bonds is 8. The summed E-state index contributed by atoms with van der Waals surface area (Å²) >= 11 is 12.4. The zero-order valence-electron chi connectivity index (χ0n) is 19.6. The Balaban J connectivity index is 1.44. The minimum absolute atomic E-state index is 0.0823. The number of hydrogen-bond donors (Lipinski definition) is 0. The first-order valence-corrected chi connectivity index (χ1v) is 13.8. The third kappa shape index (κ3) is 6.48. The highest BCUT2D eigenvalue weighted by Crippen LogP contribution is 2.32. The lowest BCUT2D eigenvalue weighted by molar-refractivity contribution is -0.131. The van der Waals surface area contributed by atoms with Crippen LogP contribution >= 0.6 is 23.2 Å². The van der Waals surface area contributed by atoms with Gasteiger partial charge in [-0.15, -0.1) is 0 Å². The van der Waals surface area contributed by atoms with Crippen molar-refractivity contribution in [2.24, 2.45) is 0 Å². The second-order valence-electron chi connectivity index (χ2n) is 8.41. The summed E-state index contributed by atoms with van der Waals surface area (Å²) in [7, 11) is -4.03. The van der Waals surface area contributed by atoms with Crippen molar-refractivity contribution in [3.8, 4) is 0 Å². The van der Waals surface area contributed by atoms with Crippen molar-refractivity contribution in [2.75, 3.05) is 43.6 Å². The maximum Gasteiger partial charge on any atom is 0.264 e. The van der Waals surface area contributed by atoms with E-state index in [9.17, 15) is 13.2 Å². The predicted octanol–water partition coefficient (Wildman–Crippen LogP) is 5.05. The van der Waals surface area contributed by atoms with Crippen LogP contribution in [0.2, 0.25) is 10.0 Å². The van der Waals surface area contributed by atoms with E-state index in [0.717, 1.165) is 16.4 Å². The van der Waals surface area contributed by atoms with E-state index in [2.05, 4.69) is 29.2 Å². The van der Waals surface area contributed by atoms with Crippen LogP contribution in [0.4, 0.5) is 5.69 Å². The lowest BCUT2D eigenvalue weighted by Gasteiger charge is -2.35. The molecule has 36 heavy (non-hydrogen) atoms. The quantitative estimate of drug-likeness (QED) is 0.399. The Morgan fingerprint density at radius 3 is 2.17 bits per heavy atom. The van der Waals surface area contributed by atoms with E-state index in [4.69, 9.17) is 23.2 Å². The molecule has 0 N–H and O–H groups in total. The molecule has 9 heteroatoms. The third-order valence-electron chi connectivity index (χ3n) is 5.99. The molecule has 0 saturated carbocycles. The average molecular weight is 545 g/mol. The van der Waals surface area contributed by atoms with Crippen LogP contribution in [-0.2, 0) is 14.8 Å². The minimum atomic E-state index is -4.03. The molecule has 1 aliphatic heterocycles. The van der Waals surface area contributed by atoms with Gasteiger partial charge in [-0.3, -0.25) is 14.0 Å². The molecule has 1 amide bonds. The second-order valence-corrected chi connectivity index (χ2v) is 11.1. The number of halogens is 2. The van der Waals surface area contributed by atoms with Gasteiger partial charge in [0.1, 0.15) is 6.54 Å². The van der Waals surface area contributed by atoms with Crippen molar-refractivity contribution in [3.05, 3.63) is 101 Å². The number of piperazine rings is 1. The smallest absolute Gasteiger partial charge is 0.264 e. The molecule has 1 saturated heterocycles. The number of carbonyl (C=O) groups is 1. The Morgan fingerprint density at radius 1 is 0.889 bits per heavy atom. The van der Waals surface area contributed by atoms with Crippen molar-refractivity contribution in [2.45, 2.75) is 4.90 Å². The van der Waals surface area contributed by atoms with Crippen molar-refractivity contribution in [1.82, 2.24) is 9.80 Å². The predicted molar refractivity (Wildman–Crippen MR) is 146 cm³/mol. The highest BCUT2D eigenvalue weighted by atomic mass is 35.5. The summed E-state index contributed by atoms with van der Waals surface area (Å²) in [5.74, 6) is -0.278. The zero-order valence-corrected chi connectivity index (χ0v) is 22.0. The first-order chi connectivity index (χ1) is 17.3. The SMILES string of the molecule is O=C(CN(c1ccc(Cl)cc1Cl)S(=O)(=O)c1ccccc1)N1CCN(C/C=C/c2ccccc2)CC1. The summed E-state index contributed by atoms with van der Waals surface area (Å²) in [5.41, 5.74) is 1.36. The topological polar surface area (TPSA) is 60.9 Å². The first kappa shape index (κ1) is 26.2. The fourth-order valence-electron chi connectivity index (χ4n) is 4.01. The average Bonchev–Trinajstić information content (AvgIpc) is 2.89. The van der Waals surface area contributed by atoms with Gasteiger partial charge >= 0.3 is 0 Å². The van der Waals surface area contributed by atoms with Gasteiger partial charge in [-0.1, -0.05) is 83.9 Å². The molecular formula is C27H27Cl2N3O3S. The van der Waals surface area contributed by atoms with E-state index in [0.29, 0.717) is 31.2 Å². The molecule has 4 rings (SSSR count). The first-order valence-electron chi connectivity index (χ1n) is 11.6. The molecule has 1 heterocycles. The van der Waals surface area contributed by atoms with Gasteiger partial charge in [-0.2, -0.15) is 0 Å². The molecule has 0 aliphatic carbocycles. The largest absolute Gasteiger partial charge is 0.339 e. The van der Waals surface area contributed by atoms with Crippen LogP contribution in [0.3, 0.4) is 0 Å². The molecule has 1 aliphatic rings. The molecule has 6 nitrogen and oxygen atoms in total. The molecule has 3 aromatic carbocycles. The zero-order chi connectivity index (χ0) is 25.5. The molecule has 0 radical (unpaired) electrons. The molecule has 1 fully saturated rings. The van der Waals surface area contributed by atoms with Crippen molar-refractivity contribution < 1.29 is 13.2 Å². The Morgan fingerprint density at radius 2 is 1.53 bits per heavy atom. The van der Waals surface area contributed by atoms with Gasteiger partial charge in [-0.05, 0) is 35.9 Å². The van der Waals surface area contributed by atoms with E-state index in [1.165, 1.54) is 24.3 Å². The minimum Gasteiger partial charge on any atom is -0.339 e. The van der Waals surface area contributed by atoms with E-state index < -0.39 is 10.0 Å². The van der Waals surface area contributed by atoms with Gasteiger partial charge < -0.3 is 4.90 Å². The standard InChI is InChI=1S/C27H27Cl2N3O3S/c28-23-13-14-26(25(29)20-23)32(36(34,35)24-11-5-2-6-12-24)21-27(33)31-18-16-30(17-19-31)15-7-10-22-8-3-1-4-9-22/h1-14,20H,15-19,21H2/b10-7+. The van der Waals surface area contributed by atoms with E-state index in [1.807, 2.05) is 18.2 Å². The van der Waals surface area contributed by atoms with Gasteiger partial charge in [0.15, 0.2) is 0 Å². The van der Waals surface area contributed by atoms with E-state index in [-0.39, 0.29) is 28.1 Å². The lowest BCUT2D eigenvalue weighted by atomic mass is 10.2. The number of carbonyl (C=O) groups excluding carboxylic acids is 1. The summed E-state index contributed by atoms with van der Waals surface area (Å²) in [5, 5.41) is 0.536. The van der Waals surface area contributed by atoms with Crippen LogP contribution in [0.1, 0.15) is 5.56 Å². The maximum absolute atomic E-state index is 13.5. The number of sulfonamides is 1. The van der Waals surface area contributed by atoms with Crippen LogP contribution in [0, 0.1) is 0 Å². The van der Waals surface area contributed by atoms with Gasteiger partial charge in [0.05, 0.1) is 15.6 Å². The molecule has 3 aromatic rings. The number of hydrogen-bond acceptors (Lipinski definition) is 4. The van der Waals surface area contributed by atoms with Crippen LogP contribution in [0.5, 0.6) is 0 Å². The molecule has 188 valence electrons. The fourth-order valence-corrected chi connectivity index (χ4v) is 6.02. The molecule has 0 aromatic heterocycles. The van der Waals surface area contributed by atoms with Gasteiger partial charge in [0.25, 0.3) is 10.0 Å². The molecular weight excluding hydrogens is 517 g/mol. The van der Waals surface area contributed by atoms with Gasteiger partial charge in [0, 0.05) is 37.7 Å². The van der Waals surface area contributed by atoms with E-state index >= 15 is 0 Å². The van der Waals surface area contributed by atoms with Crippen LogP contribution < -0.4 is 4.31 Å². The summed E-state index contributed by atoms with van der Waals surface area (Å²) in [6.45, 7) is 2.88. The lowest BCUT2D eigenvalue weighted by Crippen LogP contribution is -2.51. The number of anilines is 1. The summed E-state index contributed by atoms with van der Waals surface area (Å²) < 4.78 is 28.1. The highest BCUT2D eigenvalue weighted by Gasteiger charge is 2.31. The monoisotopic (exact) mass is 543 g/mol. The number of benzene rings is 3. The Kier molecular flexibility index (Phi) is 8.69. The second kappa shape index (κ2) is 11.9. The Bertz CT molecular complexity index is 1310. The van der Waals surface area contributed by atoms with Gasteiger partial charge in [0.2, 0.25) is 5.91 Å². The van der Waals surface area contributed by atoms with Crippen molar-refractivity contribution >= 4 is 50.9 Å². The normalized spacial score (nSPS) is 14.8. The van der Waals surface area contributed by atoms with Crippen LogP contribution in [-0.4, -0.2) is 63.4 Å². The highest BCUT2D eigenvalue weighted by molar-refractivity contribution is 7.92. The Hall–Kier alpha value is -2.84. The molecule has 0 spiro atoms. The molecule has 0 unspecified atom stereocenters. The van der Waals surface area contributed by atoms with Crippen LogP contribution in [0.15, 0.2) is 89.8 Å².